The lowest BCUT2D eigenvalue weighted by atomic mass is 9.97. The molecule has 0 saturated heterocycles. The van der Waals surface area contributed by atoms with E-state index < -0.39 is 35.1 Å². The van der Waals surface area contributed by atoms with Crippen molar-refractivity contribution in [3.05, 3.63) is 65.4 Å². The van der Waals surface area contributed by atoms with Crippen molar-refractivity contribution < 1.29 is 28.2 Å². The van der Waals surface area contributed by atoms with Gasteiger partial charge in [-0.1, -0.05) is 25.1 Å². The molecule has 0 aliphatic carbocycles. The summed E-state index contributed by atoms with van der Waals surface area (Å²) in [5.74, 6) is -0.856. The molecule has 236 valence electrons. The van der Waals surface area contributed by atoms with Crippen LogP contribution in [-0.2, 0) is 9.47 Å². The fraction of sp³-hybridized carbons (Fsp3) is 0.438. The molecular weight excluding hydrogens is 567 g/mol. The molecule has 44 heavy (non-hydrogen) atoms. The summed E-state index contributed by atoms with van der Waals surface area (Å²) in [6, 6.07) is 4.26. The Kier molecular flexibility index (Phi) is 11.0. The molecule has 0 unspecified atom stereocenters. The Hall–Kier alpha value is -4.61. The summed E-state index contributed by atoms with van der Waals surface area (Å²) in [6.07, 6.45) is 6.32. The molecule has 0 fully saturated rings. The Morgan fingerprint density at radius 3 is 2.30 bits per heavy atom. The number of rotatable bonds is 5. The van der Waals surface area contributed by atoms with Crippen molar-refractivity contribution in [1.29, 1.82) is 0 Å². The first-order valence-corrected chi connectivity index (χ1v) is 14.4. The van der Waals surface area contributed by atoms with E-state index in [2.05, 4.69) is 25.6 Å². The van der Waals surface area contributed by atoms with Crippen molar-refractivity contribution in [2.75, 3.05) is 18.4 Å². The molecule has 12 heteroatoms. The van der Waals surface area contributed by atoms with E-state index in [1.54, 1.807) is 64.8 Å². The molecular formula is C32H41FN6O5. The SMILES string of the molecule is C/C=C(\CC)c1cnc(NC(=O)c2ccc(C3=CCN(/C(=N\C(=O)OC(C)(C)C)NC(=O)OC(C)(C)C)CC3)c(F)c2)cn1. The molecule has 0 saturated carbocycles. The van der Waals surface area contributed by atoms with Gasteiger partial charge < -0.3 is 19.7 Å². The molecule has 0 spiro atoms. The fourth-order valence-corrected chi connectivity index (χ4v) is 4.25. The zero-order valence-electron chi connectivity index (χ0n) is 26.6. The third-order valence-corrected chi connectivity index (χ3v) is 6.24. The summed E-state index contributed by atoms with van der Waals surface area (Å²) in [5.41, 5.74) is 1.40. The third kappa shape index (κ3) is 9.99. The van der Waals surface area contributed by atoms with Gasteiger partial charge in [0.2, 0.25) is 5.96 Å². The van der Waals surface area contributed by atoms with E-state index in [-0.39, 0.29) is 23.9 Å². The number of halogens is 1. The summed E-state index contributed by atoms with van der Waals surface area (Å²) in [4.78, 5) is 51.9. The summed E-state index contributed by atoms with van der Waals surface area (Å²) in [6.45, 7) is 14.8. The van der Waals surface area contributed by atoms with Gasteiger partial charge >= 0.3 is 12.2 Å². The number of ether oxygens (including phenoxy) is 2. The largest absolute Gasteiger partial charge is 0.444 e. The highest BCUT2D eigenvalue weighted by Crippen LogP contribution is 2.26. The lowest BCUT2D eigenvalue weighted by Gasteiger charge is -2.30. The number of aromatic nitrogens is 2. The predicted molar refractivity (Wildman–Crippen MR) is 168 cm³/mol. The first-order chi connectivity index (χ1) is 20.6. The van der Waals surface area contributed by atoms with Gasteiger partial charge in [0.05, 0.1) is 18.1 Å². The maximum Gasteiger partial charge on any atom is 0.437 e. The summed E-state index contributed by atoms with van der Waals surface area (Å²) >= 11 is 0. The van der Waals surface area contributed by atoms with Crippen LogP contribution in [0.1, 0.15) is 89.8 Å². The number of aliphatic imine (C=N–C) groups is 1. The van der Waals surface area contributed by atoms with Crippen molar-refractivity contribution in [3.8, 4) is 0 Å². The van der Waals surface area contributed by atoms with Crippen molar-refractivity contribution >= 4 is 41.0 Å². The number of guanidine groups is 1. The third-order valence-electron chi connectivity index (χ3n) is 6.24. The van der Waals surface area contributed by atoms with Gasteiger partial charge in [0.15, 0.2) is 5.82 Å². The van der Waals surface area contributed by atoms with E-state index in [9.17, 15) is 14.4 Å². The Balaban J connectivity index is 1.73. The smallest absolute Gasteiger partial charge is 0.437 e. The van der Waals surface area contributed by atoms with Crippen LogP contribution in [0.3, 0.4) is 0 Å². The van der Waals surface area contributed by atoms with Crippen molar-refractivity contribution in [2.45, 2.75) is 79.4 Å². The van der Waals surface area contributed by atoms with Crippen molar-refractivity contribution in [2.24, 2.45) is 4.99 Å². The van der Waals surface area contributed by atoms with Gasteiger partial charge in [-0.3, -0.25) is 15.1 Å². The molecule has 0 atom stereocenters. The average Bonchev–Trinajstić information content (AvgIpc) is 2.92. The maximum atomic E-state index is 15.2. The van der Waals surface area contributed by atoms with Crippen molar-refractivity contribution in [3.63, 3.8) is 0 Å². The zero-order chi connectivity index (χ0) is 32.7. The first kappa shape index (κ1) is 33.9. The monoisotopic (exact) mass is 608 g/mol. The minimum absolute atomic E-state index is 0.0379. The standard InChI is InChI=1S/C32H41FN6O5/c1-9-20(10-2)25-18-35-26(19-34-25)36-27(40)22-11-12-23(24(33)17-22)21-13-15-39(16-14-21)28(37-29(41)43-31(3,4)5)38-30(42)44-32(6,7)8/h9,11-13,17-19H,10,14-16H2,1-8H3,(H,35,36,40)(H,37,38,41,42)/b20-9+. The average molecular weight is 609 g/mol. The van der Waals surface area contributed by atoms with Crippen LogP contribution in [0.25, 0.3) is 11.1 Å². The summed E-state index contributed by atoms with van der Waals surface area (Å²) < 4.78 is 25.9. The van der Waals surface area contributed by atoms with E-state index in [0.717, 1.165) is 17.7 Å². The van der Waals surface area contributed by atoms with E-state index in [4.69, 9.17) is 9.47 Å². The highest BCUT2D eigenvalue weighted by molar-refractivity contribution is 6.04. The van der Waals surface area contributed by atoms with E-state index in [0.29, 0.717) is 24.1 Å². The van der Waals surface area contributed by atoms with Crippen LogP contribution in [0.2, 0.25) is 0 Å². The normalized spacial score (nSPS) is 14.5. The Bertz CT molecular complexity index is 1470. The molecule has 3 rings (SSSR count). The van der Waals surface area contributed by atoms with Gasteiger partial charge in [0.25, 0.3) is 5.91 Å². The van der Waals surface area contributed by atoms with Crippen LogP contribution >= 0.6 is 0 Å². The van der Waals surface area contributed by atoms with Crippen LogP contribution in [0.15, 0.2) is 47.7 Å². The van der Waals surface area contributed by atoms with Crippen LogP contribution in [0.4, 0.5) is 19.8 Å². The number of hydrogen-bond donors (Lipinski definition) is 2. The summed E-state index contributed by atoms with van der Waals surface area (Å²) in [7, 11) is 0. The minimum atomic E-state index is -0.872. The molecule has 1 aromatic heterocycles. The highest BCUT2D eigenvalue weighted by atomic mass is 19.1. The molecule has 2 heterocycles. The van der Waals surface area contributed by atoms with Crippen LogP contribution in [0, 0.1) is 5.82 Å². The number of carbonyl (C=O) groups excluding carboxylic acids is 3. The number of nitrogens with zero attached hydrogens (tertiary/aromatic N) is 4. The Morgan fingerprint density at radius 2 is 1.77 bits per heavy atom. The fourth-order valence-electron chi connectivity index (χ4n) is 4.25. The number of carbonyl (C=O) groups is 3. The Morgan fingerprint density at radius 1 is 1.07 bits per heavy atom. The van der Waals surface area contributed by atoms with Gasteiger partial charge in [0, 0.05) is 24.2 Å². The van der Waals surface area contributed by atoms with Crippen LogP contribution in [0.5, 0.6) is 0 Å². The van der Waals surface area contributed by atoms with E-state index in [1.807, 2.05) is 19.9 Å². The molecule has 2 N–H and O–H groups in total. The predicted octanol–water partition coefficient (Wildman–Crippen LogP) is 6.59. The molecule has 0 radical (unpaired) electrons. The number of amides is 3. The second-order valence-corrected chi connectivity index (χ2v) is 12.1. The lowest BCUT2D eigenvalue weighted by Crippen LogP contribution is -2.48. The van der Waals surface area contributed by atoms with Gasteiger partial charge in [-0.25, -0.2) is 19.0 Å². The molecule has 0 bridgehead atoms. The van der Waals surface area contributed by atoms with Crippen molar-refractivity contribution in [1.82, 2.24) is 20.2 Å². The molecule has 1 aliphatic rings. The number of anilines is 1. The topological polar surface area (TPSA) is 135 Å². The zero-order valence-corrected chi connectivity index (χ0v) is 26.6. The Labute approximate surface area is 257 Å². The second-order valence-electron chi connectivity index (χ2n) is 12.1. The van der Waals surface area contributed by atoms with Gasteiger partial charge in [-0.2, -0.15) is 0 Å². The highest BCUT2D eigenvalue weighted by Gasteiger charge is 2.25. The van der Waals surface area contributed by atoms with Gasteiger partial charge in [-0.05, 0) is 84.6 Å². The number of benzene rings is 1. The number of hydrogen-bond acceptors (Lipinski definition) is 7. The summed E-state index contributed by atoms with van der Waals surface area (Å²) in [5, 5.41) is 5.18. The molecule has 3 amide bonds. The molecule has 2 aromatic rings. The molecule has 1 aliphatic heterocycles. The van der Waals surface area contributed by atoms with E-state index in [1.165, 1.54) is 18.3 Å². The second kappa shape index (κ2) is 14.2. The molecule has 11 nitrogen and oxygen atoms in total. The maximum absolute atomic E-state index is 15.2. The van der Waals surface area contributed by atoms with Crippen LogP contribution < -0.4 is 10.6 Å². The van der Waals surface area contributed by atoms with E-state index >= 15 is 4.39 Å². The number of allylic oxidation sites excluding steroid dienone is 2. The molecule has 1 aromatic carbocycles. The van der Waals surface area contributed by atoms with Crippen LogP contribution in [-0.4, -0.2) is 63.2 Å². The quantitative estimate of drug-likeness (QED) is 0.287. The lowest BCUT2D eigenvalue weighted by molar-refractivity contribution is 0.0554. The van der Waals surface area contributed by atoms with Gasteiger partial charge in [-0.15, -0.1) is 4.99 Å². The minimum Gasteiger partial charge on any atom is -0.444 e. The first-order valence-electron chi connectivity index (χ1n) is 14.4. The van der Waals surface area contributed by atoms with Gasteiger partial charge in [0.1, 0.15) is 17.0 Å². The number of alkyl carbamates (subject to hydrolysis) is 1. The number of nitrogens with one attached hydrogen (secondary N) is 2.